The molecule has 0 radical (unpaired) electrons. The number of thiol groups is 2. The standard InChI is InChI=1S/C5H5NO2S2/c9-7-4-2-1-3-6-5(4)8-10/h1-3,9-10H. The minimum Gasteiger partial charge on any atom is -0.423 e. The Hall–Kier alpha value is -0.550. The van der Waals surface area contributed by atoms with E-state index < -0.39 is 0 Å². The first-order valence-corrected chi connectivity index (χ1v) is 3.19. The van der Waals surface area contributed by atoms with Crippen molar-refractivity contribution in [3.8, 4) is 11.6 Å². The molecule has 0 aromatic carbocycles. The first-order valence-electron chi connectivity index (χ1n) is 2.46. The highest BCUT2D eigenvalue weighted by Gasteiger charge is 2.01. The fraction of sp³-hybridized carbons (Fsp3) is 0. The van der Waals surface area contributed by atoms with Crippen LogP contribution in [0.4, 0.5) is 0 Å². The third kappa shape index (κ3) is 1.48. The van der Waals surface area contributed by atoms with Crippen LogP contribution < -0.4 is 8.37 Å². The van der Waals surface area contributed by atoms with Crippen LogP contribution in [0, 0.1) is 0 Å². The maximum atomic E-state index is 4.59. The highest BCUT2D eigenvalue weighted by molar-refractivity contribution is 7.75. The van der Waals surface area contributed by atoms with Crippen molar-refractivity contribution in [2.75, 3.05) is 0 Å². The summed E-state index contributed by atoms with van der Waals surface area (Å²) in [6.45, 7) is 0. The van der Waals surface area contributed by atoms with Crippen molar-refractivity contribution in [3.05, 3.63) is 18.3 Å². The van der Waals surface area contributed by atoms with E-state index in [9.17, 15) is 0 Å². The van der Waals surface area contributed by atoms with Crippen molar-refractivity contribution >= 4 is 25.8 Å². The van der Waals surface area contributed by atoms with Gasteiger partial charge in [-0.25, -0.2) is 4.98 Å². The zero-order chi connectivity index (χ0) is 7.40. The summed E-state index contributed by atoms with van der Waals surface area (Å²) in [7, 11) is 0. The van der Waals surface area contributed by atoms with Gasteiger partial charge in [0.25, 0.3) is 5.88 Å². The van der Waals surface area contributed by atoms with Crippen LogP contribution in [0.2, 0.25) is 0 Å². The fourth-order valence-electron chi connectivity index (χ4n) is 0.514. The lowest BCUT2D eigenvalue weighted by atomic mass is 10.4. The van der Waals surface area contributed by atoms with Gasteiger partial charge in [0.05, 0.1) is 0 Å². The largest absolute Gasteiger partial charge is 0.423 e. The Bertz CT molecular complexity index is 196. The van der Waals surface area contributed by atoms with E-state index in [0.717, 1.165) is 0 Å². The average molecular weight is 175 g/mol. The van der Waals surface area contributed by atoms with Crippen molar-refractivity contribution in [1.82, 2.24) is 4.98 Å². The molecule has 0 fully saturated rings. The minimum absolute atomic E-state index is 0.306. The molecule has 0 atom stereocenters. The number of hydrogen-bond acceptors (Lipinski definition) is 5. The van der Waals surface area contributed by atoms with Crippen LogP contribution in [0.1, 0.15) is 0 Å². The minimum atomic E-state index is 0.306. The third-order valence-corrected chi connectivity index (χ3v) is 1.29. The summed E-state index contributed by atoms with van der Waals surface area (Å²) >= 11 is 7.14. The molecule has 1 heterocycles. The first-order chi connectivity index (χ1) is 4.88. The van der Waals surface area contributed by atoms with Gasteiger partial charge in [-0.05, 0) is 12.1 Å². The van der Waals surface area contributed by atoms with Crippen LogP contribution in [-0.4, -0.2) is 4.98 Å². The summed E-state index contributed by atoms with van der Waals surface area (Å²) in [4.78, 5) is 3.80. The molecule has 0 aliphatic carbocycles. The predicted molar refractivity (Wildman–Crippen MR) is 43.5 cm³/mol. The van der Waals surface area contributed by atoms with Crippen molar-refractivity contribution in [2.45, 2.75) is 0 Å². The van der Waals surface area contributed by atoms with Gasteiger partial charge in [0, 0.05) is 32.0 Å². The van der Waals surface area contributed by atoms with Crippen LogP contribution in [0.3, 0.4) is 0 Å². The second-order valence-corrected chi connectivity index (χ2v) is 1.85. The van der Waals surface area contributed by atoms with Crippen LogP contribution in [0.5, 0.6) is 11.6 Å². The van der Waals surface area contributed by atoms with Crippen molar-refractivity contribution in [2.24, 2.45) is 0 Å². The number of nitrogens with zero attached hydrogens (tertiary/aromatic N) is 1. The Kier molecular flexibility index (Phi) is 2.70. The van der Waals surface area contributed by atoms with Gasteiger partial charge >= 0.3 is 0 Å². The second-order valence-electron chi connectivity index (χ2n) is 1.49. The normalized spacial score (nSPS) is 9.00. The molecule has 0 spiro atoms. The summed E-state index contributed by atoms with van der Waals surface area (Å²) in [5, 5.41) is 0. The maximum absolute atomic E-state index is 4.59. The number of rotatable bonds is 2. The number of hydrogen-bond donors (Lipinski definition) is 2. The summed E-state index contributed by atoms with van der Waals surface area (Å²) in [5.74, 6) is 0.752. The van der Waals surface area contributed by atoms with E-state index >= 15 is 0 Å². The van der Waals surface area contributed by atoms with E-state index in [0.29, 0.717) is 11.6 Å². The Morgan fingerprint density at radius 1 is 1.30 bits per heavy atom. The van der Waals surface area contributed by atoms with Gasteiger partial charge in [-0.15, -0.1) is 0 Å². The number of pyridine rings is 1. The van der Waals surface area contributed by atoms with Gasteiger partial charge in [-0.1, -0.05) is 0 Å². The molecule has 1 aromatic heterocycles. The van der Waals surface area contributed by atoms with Gasteiger partial charge in [0.15, 0.2) is 5.75 Å². The van der Waals surface area contributed by atoms with Crippen LogP contribution in [0.25, 0.3) is 0 Å². The zero-order valence-corrected chi connectivity index (χ0v) is 6.68. The fourth-order valence-corrected chi connectivity index (χ4v) is 0.790. The molecule has 0 saturated heterocycles. The predicted octanol–water partition coefficient (Wildman–Crippen LogP) is 1.53. The SMILES string of the molecule is SOc1cccnc1OS. The zero-order valence-electron chi connectivity index (χ0n) is 4.89. The molecule has 3 nitrogen and oxygen atoms in total. The van der Waals surface area contributed by atoms with Crippen LogP contribution in [0.15, 0.2) is 18.3 Å². The van der Waals surface area contributed by atoms with Gasteiger partial charge in [0.2, 0.25) is 0 Å². The van der Waals surface area contributed by atoms with Crippen LogP contribution >= 0.6 is 25.8 Å². The lowest BCUT2D eigenvalue weighted by Crippen LogP contribution is -1.84. The van der Waals surface area contributed by atoms with E-state index in [1.165, 1.54) is 0 Å². The molecule has 54 valence electrons. The number of aromatic nitrogens is 1. The quantitative estimate of drug-likeness (QED) is 0.528. The molecule has 0 aliphatic heterocycles. The van der Waals surface area contributed by atoms with Crippen molar-refractivity contribution in [1.29, 1.82) is 0 Å². The Balaban J connectivity index is 2.96. The van der Waals surface area contributed by atoms with E-state index in [1.54, 1.807) is 18.3 Å². The smallest absolute Gasteiger partial charge is 0.271 e. The molecule has 10 heavy (non-hydrogen) atoms. The van der Waals surface area contributed by atoms with Gasteiger partial charge in [-0.2, -0.15) is 0 Å². The molecule has 0 unspecified atom stereocenters. The average Bonchev–Trinajstić information content (AvgIpc) is 2.04. The van der Waals surface area contributed by atoms with E-state index in [-0.39, 0.29) is 0 Å². The maximum Gasteiger partial charge on any atom is 0.271 e. The van der Waals surface area contributed by atoms with Crippen LogP contribution in [-0.2, 0) is 0 Å². The van der Waals surface area contributed by atoms with Gasteiger partial charge in [-0.3, -0.25) is 0 Å². The molecule has 0 aliphatic rings. The van der Waals surface area contributed by atoms with Crippen molar-refractivity contribution < 1.29 is 8.37 Å². The highest BCUT2D eigenvalue weighted by Crippen LogP contribution is 2.24. The van der Waals surface area contributed by atoms with Gasteiger partial charge < -0.3 is 8.37 Å². The molecule has 0 bridgehead atoms. The third-order valence-electron chi connectivity index (χ3n) is 0.921. The van der Waals surface area contributed by atoms with E-state index in [2.05, 4.69) is 39.2 Å². The Morgan fingerprint density at radius 2 is 2.10 bits per heavy atom. The molecule has 0 saturated carbocycles. The summed E-state index contributed by atoms with van der Waals surface area (Å²) in [6.07, 6.45) is 1.57. The van der Waals surface area contributed by atoms with Gasteiger partial charge in [0.1, 0.15) is 0 Å². The topological polar surface area (TPSA) is 31.4 Å². The monoisotopic (exact) mass is 175 g/mol. The second kappa shape index (κ2) is 3.58. The molecule has 5 heteroatoms. The Labute approximate surface area is 69.6 Å². The van der Waals surface area contributed by atoms with E-state index in [4.69, 9.17) is 0 Å². The Morgan fingerprint density at radius 3 is 2.60 bits per heavy atom. The molecule has 1 rings (SSSR count). The first kappa shape index (κ1) is 7.56. The summed E-state index contributed by atoms with van der Waals surface area (Å²) in [5.41, 5.74) is 0. The summed E-state index contributed by atoms with van der Waals surface area (Å²) < 4.78 is 9.14. The molecular weight excluding hydrogens is 170 g/mol. The molecular formula is C5H5NO2S2. The lowest BCUT2D eigenvalue weighted by Gasteiger charge is -2.00. The molecule has 0 N–H and O–H groups in total. The highest BCUT2D eigenvalue weighted by atomic mass is 32.1. The molecule has 0 amide bonds. The summed E-state index contributed by atoms with van der Waals surface area (Å²) in [6, 6.07) is 3.38. The van der Waals surface area contributed by atoms with E-state index in [1.807, 2.05) is 0 Å². The molecule has 1 aromatic rings. The van der Waals surface area contributed by atoms with Crippen molar-refractivity contribution in [3.63, 3.8) is 0 Å². The lowest BCUT2D eigenvalue weighted by molar-refractivity contribution is 0.560.